The van der Waals surface area contributed by atoms with Crippen molar-refractivity contribution in [1.82, 2.24) is 0 Å². The van der Waals surface area contributed by atoms with E-state index in [-0.39, 0.29) is 30.7 Å². The first-order chi connectivity index (χ1) is 13.3. The van der Waals surface area contributed by atoms with Gasteiger partial charge in [-0.1, -0.05) is 0 Å². The Morgan fingerprint density at radius 3 is 2.50 bits per heavy atom. The van der Waals surface area contributed by atoms with Gasteiger partial charge in [0.15, 0.2) is 0 Å². The molecule has 3 rings (SSSR count). The smallest absolute Gasteiger partial charge is 0.362 e. The van der Waals surface area contributed by atoms with Crippen molar-refractivity contribution in [3.05, 3.63) is 33.9 Å². The summed E-state index contributed by atoms with van der Waals surface area (Å²) in [6.45, 7) is 5.52. The molecule has 0 saturated heterocycles. The second-order valence-corrected chi connectivity index (χ2v) is 8.67. The monoisotopic (exact) mass is 471 g/mol. The van der Waals surface area contributed by atoms with Gasteiger partial charge in [-0.25, -0.2) is 4.79 Å². The van der Waals surface area contributed by atoms with E-state index in [1.807, 2.05) is 0 Å². The number of halogens is 1. The molecule has 1 N–H and O–H groups in total. The Hall–Kier alpha value is -1.87. The zero-order chi connectivity index (χ0) is 20.5. The minimum absolute atomic E-state index is 0.0125. The van der Waals surface area contributed by atoms with E-state index in [9.17, 15) is 14.2 Å². The molecule has 150 valence electrons. The minimum Gasteiger partial charge on any atom is -0.462 e. The Labute approximate surface area is 170 Å². The Bertz CT molecular complexity index is 937. The zero-order valence-electron chi connectivity index (χ0n) is 15.5. The summed E-state index contributed by atoms with van der Waals surface area (Å²) < 4.78 is 29.6. The number of amides is 1. The number of rotatable bonds is 7. The topological polar surface area (TPSA) is 116 Å². The minimum atomic E-state index is -3.67. The van der Waals surface area contributed by atoms with E-state index in [1.54, 1.807) is 26.8 Å². The van der Waals surface area contributed by atoms with Gasteiger partial charge < -0.3 is 19.1 Å². The highest BCUT2D eigenvalue weighted by Gasteiger charge is 2.56. The Kier molecular flexibility index (Phi) is 5.86. The average Bonchev–Trinajstić information content (AvgIpc) is 3.18. The van der Waals surface area contributed by atoms with E-state index >= 15 is 0 Å². The van der Waals surface area contributed by atoms with Crippen LogP contribution in [0.5, 0.6) is 0 Å². The number of carbonyl (C=O) groups excluding carboxylic acids is 2. The molecule has 1 unspecified atom stereocenters. The summed E-state index contributed by atoms with van der Waals surface area (Å²) in [7, 11) is -3.67. The van der Waals surface area contributed by atoms with Gasteiger partial charge in [-0.05, 0) is 48.8 Å². The van der Waals surface area contributed by atoms with Crippen LogP contribution in [-0.4, -0.2) is 31.7 Å². The Morgan fingerprint density at radius 1 is 1.21 bits per heavy atom. The van der Waals surface area contributed by atoms with Crippen LogP contribution >= 0.6 is 23.5 Å². The third-order valence-electron chi connectivity index (χ3n) is 4.23. The van der Waals surface area contributed by atoms with Gasteiger partial charge in [0.2, 0.25) is 5.54 Å². The fourth-order valence-corrected chi connectivity index (χ4v) is 5.76. The second-order valence-electron chi connectivity index (χ2n) is 5.83. The molecular weight excluding hydrogens is 453 g/mol. The summed E-state index contributed by atoms with van der Waals surface area (Å²) >= 11 is 3.37. The first-order valence-corrected chi connectivity index (χ1v) is 11.0. The number of hydrogen-bond donors (Lipinski definition) is 1. The molecule has 1 aromatic rings. The van der Waals surface area contributed by atoms with Crippen LogP contribution in [0.2, 0.25) is 0 Å². The van der Waals surface area contributed by atoms with Crippen LogP contribution in [0.4, 0.5) is 5.69 Å². The highest BCUT2D eigenvalue weighted by Crippen LogP contribution is 2.53. The summed E-state index contributed by atoms with van der Waals surface area (Å²) in [5.41, 5.74) is -0.964. The molecule has 11 heteroatoms. The first-order valence-electron chi connectivity index (χ1n) is 8.69. The van der Waals surface area contributed by atoms with Crippen LogP contribution in [-0.2, 0) is 33.5 Å². The molecule has 0 radical (unpaired) electrons. The number of nitrogens with one attached hydrogen (secondary N) is 1. The quantitative estimate of drug-likeness (QED) is 0.481. The molecule has 1 amide bonds. The molecular formula is C17H19BrN3O6P. The van der Waals surface area contributed by atoms with Gasteiger partial charge in [0.05, 0.1) is 31.3 Å². The molecule has 2 aliphatic rings. The fourth-order valence-electron chi connectivity index (χ4n) is 3.12. The third-order valence-corrected chi connectivity index (χ3v) is 7.35. The lowest BCUT2D eigenvalue weighted by atomic mass is 9.85. The Morgan fingerprint density at radius 2 is 1.89 bits per heavy atom. The van der Waals surface area contributed by atoms with Crippen molar-refractivity contribution in [2.24, 2.45) is 10.2 Å². The maximum Gasteiger partial charge on any atom is 0.362 e. The molecule has 1 spiro atoms. The first kappa shape index (κ1) is 20.9. The lowest BCUT2D eigenvalue weighted by molar-refractivity contribution is -0.140. The maximum atomic E-state index is 13.3. The second kappa shape index (κ2) is 7.87. The van der Waals surface area contributed by atoms with Crippen molar-refractivity contribution in [1.29, 1.82) is 0 Å². The van der Waals surface area contributed by atoms with E-state index < -0.39 is 25.0 Å². The standard InChI is InChI=1S/C17H19BrN3O6P/c1-4-25-15(22)11-9-19-21-17(11)10-7-14(28(24,26-5-2)27-6-3)12(18)8-13(10)20-16(17)23/h7-9H,4-6H2,1-3H3,(H,20,23). The molecule has 0 bridgehead atoms. The van der Waals surface area contributed by atoms with Gasteiger partial charge >= 0.3 is 13.6 Å². The summed E-state index contributed by atoms with van der Waals surface area (Å²) in [5.74, 6) is -1.24. The number of nitrogens with zero attached hydrogens (tertiary/aromatic N) is 2. The number of esters is 1. The number of benzene rings is 1. The van der Waals surface area contributed by atoms with Crippen LogP contribution in [0.25, 0.3) is 0 Å². The number of hydrogen-bond acceptors (Lipinski definition) is 8. The molecule has 28 heavy (non-hydrogen) atoms. The van der Waals surface area contributed by atoms with Gasteiger partial charge in [-0.15, -0.1) is 0 Å². The molecule has 0 saturated carbocycles. The predicted molar refractivity (Wildman–Crippen MR) is 105 cm³/mol. The van der Waals surface area contributed by atoms with Crippen LogP contribution in [0.1, 0.15) is 26.3 Å². The van der Waals surface area contributed by atoms with Crippen molar-refractivity contribution in [2.45, 2.75) is 26.3 Å². The van der Waals surface area contributed by atoms with Gasteiger partial charge in [-0.3, -0.25) is 9.36 Å². The number of carbonyl (C=O) groups is 2. The summed E-state index contributed by atoms with van der Waals surface area (Å²) in [4.78, 5) is 25.2. The molecule has 9 nitrogen and oxygen atoms in total. The van der Waals surface area contributed by atoms with Crippen LogP contribution in [0.3, 0.4) is 0 Å². The van der Waals surface area contributed by atoms with Gasteiger partial charge in [0.1, 0.15) is 5.57 Å². The van der Waals surface area contributed by atoms with E-state index in [2.05, 4.69) is 31.5 Å². The largest absolute Gasteiger partial charge is 0.462 e. The number of fused-ring (bicyclic) bond motifs is 2. The normalized spacial score (nSPS) is 20.3. The average molecular weight is 472 g/mol. The lowest BCUT2D eigenvalue weighted by Crippen LogP contribution is -2.36. The molecule has 0 fully saturated rings. The van der Waals surface area contributed by atoms with Crippen molar-refractivity contribution >= 4 is 46.4 Å². The molecule has 1 aromatic carbocycles. The highest BCUT2D eigenvalue weighted by molar-refractivity contribution is 9.10. The molecule has 1 atom stereocenters. The molecule has 2 aliphatic heterocycles. The van der Waals surface area contributed by atoms with E-state index in [0.717, 1.165) is 0 Å². The van der Waals surface area contributed by atoms with Crippen molar-refractivity contribution < 1.29 is 27.9 Å². The van der Waals surface area contributed by atoms with Gasteiger partial charge in [0.25, 0.3) is 5.91 Å². The predicted octanol–water partition coefficient (Wildman–Crippen LogP) is 3.40. The lowest BCUT2D eigenvalue weighted by Gasteiger charge is -2.22. The zero-order valence-corrected chi connectivity index (χ0v) is 18.0. The van der Waals surface area contributed by atoms with Crippen molar-refractivity contribution in [2.75, 3.05) is 25.1 Å². The highest BCUT2D eigenvalue weighted by atomic mass is 79.9. The van der Waals surface area contributed by atoms with Gasteiger partial charge in [0, 0.05) is 15.7 Å². The SMILES string of the molecule is CCOC(=O)C1=CN=NC12C(=O)Nc1cc(Br)c(P(=O)(OCC)OCC)cc12. The molecule has 0 aromatic heterocycles. The van der Waals surface area contributed by atoms with Crippen LogP contribution < -0.4 is 10.6 Å². The van der Waals surface area contributed by atoms with Crippen molar-refractivity contribution in [3.63, 3.8) is 0 Å². The molecule has 0 aliphatic carbocycles. The number of azo groups is 1. The van der Waals surface area contributed by atoms with E-state index in [0.29, 0.717) is 15.7 Å². The van der Waals surface area contributed by atoms with E-state index in [4.69, 9.17) is 13.8 Å². The summed E-state index contributed by atoms with van der Waals surface area (Å²) in [5, 5.41) is 10.8. The fraction of sp³-hybridized carbons (Fsp3) is 0.412. The maximum absolute atomic E-state index is 13.3. The number of ether oxygens (including phenoxy) is 1. The van der Waals surface area contributed by atoms with E-state index in [1.165, 1.54) is 12.3 Å². The Balaban J connectivity index is 2.19. The third kappa shape index (κ3) is 3.14. The van der Waals surface area contributed by atoms with Crippen LogP contribution in [0, 0.1) is 0 Å². The summed E-state index contributed by atoms with van der Waals surface area (Å²) in [6, 6.07) is 3.08. The van der Waals surface area contributed by atoms with Crippen LogP contribution in [0.15, 0.2) is 38.6 Å². The van der Waals surface area contributed by atoms with Crippen molar-refractivity contribution in [3.8, 4) is 0 Å². The number of anilines is 1. The molecule has 2 heterocycles. The summed E-state index contributed by atoms with van der Waals surface area (Å²) in [6.07, 6.45) is 1.21. The van der Waals surface area contributed by atoms with Gasteiger partial charge in [-0.2, -0.15) is 10.2 Å².